The molecule has 2 unspecified atom stereocenters. The summed E-state index contributed by atoms with van der Waals surface area (Å²) in [5.41, 5.74) is 6.32. The molecule has 0 saturated heterocycles. The second kappa shape index (κ2) is 7.61. The van der Waals surface area contributed by atoms with Crippen LogP contribution in [-0.2, 0) is 22.5 Å². The van der Waals surface area contributed by atoms with Crippen molar-refractivity contribution in [2.24, 2.45) is 23.5 Å². The van der Waals surface area contributed by atoms with Gasteiger partial charge in [0.05, 0.1) is 13.2 Å². The fourth-order valence-corrected chi connectivity index (χ4v) is 4.23. The molecule has 2 bridgehead atoms. The first-order valence-electron chi connectivity index (χ1n) is 8.89. The second-order valence-corrected chi connectivity index (χ2v) is 7.24. The van der Waals surface area contributed by atoms with E-state index >= 15 is 0 Å². The fraction of sp³-hybridized carbons (Fsp3) is 0.824. The largest absolute Gasteiger partial charge is 0.384 e. The van der Waals surface area contributed by atoms with Crippen LogP contribution in [0.15, 0.2) is 4.52 Å². The zero-order chi connectivity index (χ0) is 17.1. The number of fused-ring (bicyclic) bond motifs is 2. The van der Waals surface area contributed by atoms with Crippen molar-refractivity contribution in [1.82, 2.24) is 15.0 Å². The van der Waals surface area contributed by atoms with Gasteiger partial charge in [0.1, 0.15) is 0 Å². The molecule has 2 N–H and O–H groups in total. The van der Waals surface area contributed by atoms with Crippen LogP contribution in [0.5, 0.6) is 0 Å². The molecule has 7 heteroatoms. The molecule has 1 amide bonds. The molecule has 7 nitrogen and oxygen atoms in total. The molecular weight excluding hydrogens is 308 g/mol. The molecule has 2 atom stereocenters. The number of nitrogens with zero attached hydrogens (tertiary/aromatic N) is 3. The Balaban J connectivity index is 1.56. The number of rotatable bonds is 6. The summed E-state index contributed by atoms with van der Waals surface area (Å²) >= 11 is 0. The lowest BCUT2D eigenvalue weighted by molar-refractivity contribution is -0.138. The van der Waals surface area contributed by atoms with Gasteiger partial charge in [0.15, 0.2) is 5.82 Å². The van der Waals surface area contributed by atoms with Gasteiger partial charge < -0.3 is 19.9 Å². The number of carbonyl (C=O) groups excluding carboxylic acids is 1. The van der Waals surface area contributed by atoms with Crippen LogP contribution < -0.4 is 5.73 Å². The third-order valence-corrected chi connectivity index (χ3v) is 5.55. The van der Waals surface area contributed by atoms with Gasteiger partial charge in [0.25, 0.3) is 0 Å². The lowest BCUT2D eigenvalue weighted by atomic mass is 9.65. The molecule has 3 rings (SSSR count). The van der Waals surface area contributed by atoms with Gasteiger partial charge in [-0.3, -0.25) is 4.79 Å². The third kappa shape index (κ3) is 3.78. The van der Waals surface area contributed by atoms with Gasteiger partial charge in [-0.1, -0.05) is 11.6 Å². The molecule has 2 saturated carbocycles. The smallest absolute Gasteiger partial charge is 0.246 e. The van der Waals surface area contributed by atoms with Crippen molar-refractivity contribution in [3.63, 3.8) is 0 Å². The van der Waals surface area contributed by atoms with E-state index in [2.05, 4.69) is 10.1 Å². The Morgan fingerprint density at radius 3 is 2.75 bits per heavy atom. The van der Waals surface area contributed by atoms with Gasteiger partial charge in [-0.15, -0.1) is 0 Å². The van der Waals surface area contributed by atoms with Crippen molar-refractivity contribution in [3.8, 4) is 0 Å². The lowest BCUT2D eigenvalue weighted by Gasteiger charge is -2.44. The highest BCUT2D eigenvalue weighted by Crippen LogP contribution is 2.42. The molecule has 134 valence electrons. The molecule has 0 aromatic carbocycles. The Kier molecular flexibility index (Phi) is 5.50. The number of amides is 1. The summed E-state index contributed by atoms with van der Waals surface area (Å²) in [6.45, 7) is 0.912. The van der Waals surface area contributed by atoms with Gasteiger partial charge in [0, 0.05) is 32.5 Å². The summed E-state index contributed by atoms with van der Waals surface area (Å²) in [6.07, 6.45) is 6.04. The van der Waals surface area contributed by atoms with Crippen molar-refractivity contribution in [3.05, 3.63) is 11.7 Å². The Labute approximate surface area is 142 Å². The summed E-state index contributed by atoms with van der Waals surface area (Å²) in [6, 6.07) is 0.285. The number of nitrogens with two attached hydrogens (primary N) is 1. The molecule has 1 aromatic heterocycles. The minimum atomic E-state index is 0.0842. The number of ether oxygens (including phenoxy) is 1. The predicted octanol–water partition coefficient (Wildman–Crippen LogP) is 1.37. The maximum atomic E-state index is 12.8. The first kappa shape index (κ1) is 17.4. The molecule has 2 aliphatic rings. The van der Waals surface area contributed by atoms with E-state index in [0.29, 0.717) is 43.1 Å². The number of carbonyl (C=O) groups is 1. The van der Waals surface area contributed by atoms with Crippen molar-refractivity contribution in [1.29, 1.82) is 0 Å². The van der Waals surface area contributed by atoms with Crippen LogP contribution in [0.2, 0.25) is 0 Å². The van der Waals surface area contributed by atoms with Crippen LogP contribution in [0.3, 0.4) is 0 Å². The predicted molar refractivity (Wildman–Crippen MR) is 87.9 cm³/mol. The minimum Gasteiger partial charge on any atom is -0.384 e. The quantitative estimate of drug-likeness (QED) is 0.843. The molecule has 0 spiro atoms. The average molecular weight is 336 g/mol. The first-order chi connectivity index (χ1) is 11.6. The van der Waals surface area contributed by atoms with Crippen LogP contribution in [0.4, 0.5) is 0 Å². The molecule has 24 heavy (non-hydrogen) atoms. The molecule has 1 aromatic rings. The summed E-state index contributed by atoms with van der Waals surface area (Å²) in [4.78, 5) is 18.8. The van der Waals surface area contributed by atoms with E-state index in [1.807, 2.05) is 7.05 Å². The van der Waals surface area contributed by atoms with E-state index in [9.17, 15) is 4.79 Å². The SMILES string of the molecule is COCCc1noc(CN(C)C(=O)C2CC3CCCC(C2)C3N)n1. The number of methoxy groups -OCH3 is 1. The van der Waals surface area contributed by atoms with E-state index in [1.165, 1.54) is 6.42 Å². The molecular formula is C17H28N4O3. The van der Waals surface area contributed by atoms with Gasteiger partial charge in [-0.05, 0) is 37.5 Å². The standard InChI is InChI=1S/C17H28N4O3/c1-21(10-15-19-14(20-24-15)6-7-23-2)17(22)13-8-11-4-3-5-12(9-13)16(11)18/h11-13,16H,3-10,18H2,1-2H3. The molecule has 2 aliphatic carbocycles. The van der Waals surface area contributed by atoms with E-state index in [-0.39, 0.29) is 17.9 Å². The Morgan fingerprint density at radius 1 is 1.38 bits per heavy atom. The number of aromatic nitrogens is 2. The molecule has 0 radical (unpaired) electrons. The Hall–Kier alpha value is -1.47. The highest BCUT2D eigenvalue weighted by Gasteiger charge is 2.41. The van der Waals surface area contributed by atoms with Gasteiger partial charge >= 0.3 is 0 Å². The van der Waals surface area contributed by atoms with E-state index in [0.717, 1.165) is 25.7 Å². The van der Waals surface area contributed by atoms with Crippen LogP contribution in [-0.4, -0.2) is 47.8 Å². The highest BCUT2D eigenvalue weighted by molar-refractivity contribution is 5.78. The van der Waals surface area contributed by atoms with Crippen molar-refractivity contribution in [2.75, 3.05) is 20.8 Å². The highest BCUT2D eigenvalue weighted by atomic mass is 16.5. The normalized spacial score (nSPS) is 29.5. The van der Waals surface area contributed by atoms with E-state index in [1.54, 1.807) is 12.0 Å². The topological polar surface area (TPSA) is 94.5 Å². The third-order valence-electron chi connectivity index (χ3n) is 5.55. The number of hydrogen-bond acceptors (Lipinski definition) is 6. The van der Waals surface area contributed by atoms with E-state index < -0.39 is 0 Å². The molecule has 1 heterocycles. The van der Waals surface area contributed by atoms with Crippen molar-refractivity contribution in [2.45, 2.75) is 51.1 Å². The summed E-state index contributed by atoms with van der Waals surface area (Å²) in [7, 11) is 3.45. The summed E-state index contributed by atoms with van der Waals surface area (Å²) in [5.74, 6) is 2.36. The van der Waals surface area contributed by atoms with E-state index in [4.69, 9.17) is 15.0 Å². The van der Waals surface area contributed by atoms with Crippen LogP contribution in [0.1, 0.15) is 43.8 Å². The van der Waals surface area contributed by atoms with Crippen LogP contribution >= 0.6 is 0 Å². The van der Waals surface area contributed by atoms with Gasteiger partial charge in [0.2, 0.25) is 11.8 Å². The first-order valence-corrected chi connectivity index (χ1v) is 8.89. The number of hydrogen-bond donors (Lipinski definition) is 1. The fourth-order valence-electron chi connectivity index (χ4n) is 4.23. The molecule has 0 aliphatic heterocycles. The van der Waals surface area contributed by atoms with Crippen molar-refractivity contribution < 1.29 is 14.1 Å². The zero-order valence-electron chi connectivity index (χ0n) is 14.6. The Bertz CT molecular complexity index is 548. The zero-order valence-corrected chi connectivity index (χ0v) is 14.6. The van der Waals surface area contributed by atoms with Gasteiger partial charge in [-0.25, -0.2) is 0 Å². The summed E-state index contributed by atoms with van der Waals surface area (Å²) < 4.78 is 10.2. The molecule has 2 fully saturated rings. The maximum absolute atomic E-state index is 12.8. The Morgan fingerprint density at radius 2 is 2.08 bits per heavy atom. The maximum Gasteiger partial charge on any atom is 0.246 e. The minimum absolute atomic E-state index is 0.0842. The second-order valence-electron chi connectivity index (χ2n) is 7.24. The average Bonchev–Trinajstić information content (AvgIpc) is 2.99. The monoisotopic (exact) mass is 336 g/mol. The van der Waals surface area contributed by atoms with Crippen LogP contribution in [0.25, 0.3) is 0 Å². The lowest BCUT2D eigenvalue weighted by Crippen LogP contribution is -2.49. The van der Waals surface area contributed by atoms with Crippen LogP contribution in [0, 0.1) is 17.8 Å². The summed E-state index contributed by atoms with van der Waals surface area (Å²) in [5, 5.41) is 3.91. The van der Waals surface area contributed by atoms with Gasteiger partial charge in [-0.2, -0.15) is 4.98 Å². The van der Waals surface area contributed by atoms with Crippen molar-refractivity contribution >= 4 is 5.91 Å².